The van der Waals surface area contributed by atoms with E-state index in [0.29, 0.717) is 6.42 Å². The molecule has 0 radical (unpaired) electrons. The van der Waals surface area contributed by atoms with Gasteiger partial charge in [0.1, 0.15) is 6.04 Å². The Hall–Kier alpha value is -1.29. The summed E-state index contributed by atoms with van der Waals surface area (Å²) >= 11 is 0. The molecule has 0 amide bonds. The maximum Gasteiger partial charge on any atom is 0.320 e. The van der Waals surface area contributed by atoms with Gasteiger partial charge in [-0.15, -0.1) is 0 Å². The molecule has 0 bridgehead atoms. The van der Waals surface area contributed by atoms with Crippen LogP contribution in [0, 0.1) is 0 Å². The average molecular weight is 197 g/mol. The lowest BCUT2D eigenvalue weighted by molar-refractivity contribution is -0.138. The van der Waals surface area contributed by atoms with Gasteiger partial charge in [-0.25, -0.2) is 0 Å². The van der Waals surface area contributed by atoms with Crippen LogP contribution in [0.25, 0.3) is 0 Å². The zero-order valence-electron chi connectivity index (χ0n) is 8.19. The number of methoxy groups -OCH3 is 1. The van der Waals surface area contributed by atoms with Crippen molar-refractivity contribution in [3.8, 4) is 0 Å². The second kappa shape index (κ2) is 4.81. The molecule has 1 atom stereocenters. The molecule has 4 heteroatoms. The Labute approximate surface area is 83.0 Å². The Balaban J connectivity index is 2.43. The van der Waals surface area contributed by atoms with Crippen LogP contribution in [0.2, 0.25) is 0 Å². The molecule has 0 aliphatic heterocycles. The second-order valence-electron chi connectivity index (χ2n) is 3.29. The molecule has 0 aromatic rings. The van der Waals surface area contributed by atoms with Crippen LogP contribution in [-0.4, -0.2) is 24.2 Å². The molecule has 78 valence electrons. The highest BCUT2D eigenvalue weighted by molar-refractivity contribution is 5.73. The number of aliphatic carboxylic acids is 1. The van der Waals surface area contributed by atoms with Crippen molar-refractivity contribution in [2.75, 3.05) is 7.11 Å². The van der Waals surface area contributed by atoms with E-state index < -0.39 is 12.0 Å². The number of hydrogen-bond donors (Lipinski definition) is 2. The number of nitrogens with two attached hydrogens (primary N) is 1. The molecule has 3 N–H and O–H groups in total. The summed E-state index contributed by atoms with van der Waals surface area (Å²) < 4.78 is 5.06. The SMILES string of the molecule is COC1=CCC(C[C@@H](N)C(=O)O)=CC1. The van der Waals surface area contributed by atoms with Gasteiger partial charge in [-0.2, -0.15) is 0 Å². The number of hydrogen-bond acceptors (Lipinski definition) is 3. The number of carboxylic acids is 1. The number of ether oxygens (including phenoxy) is 1. The minimum Gasteiger partial charge on any atom is -0.501 e. The van der Waals surface area contributed by atoms with Gasteiger partial charge in [-0.1, -0.05) is 11.6 Å². The highest BCUT2D eigenvalue weighted by Gasteiger charge is 2.14. The van der Waals surface area contributed by atoms with E-state index in [1.807, 2.05) is 12.2 Å². The molecule has 1 rings (SSSR count). The molecule has 0 unspecified atom stereocenters. The molecule has 1 aliphatic rings. The molecule has 1 aliphatic carbocycles. The van der Waals surface area contributed by atoms with Gasteiger partial charge in [0.25, 0.3) is 0 Å². The van der Waals surface area contributed by atoms with E-state index in [0.717, 1.165) is 24.2 Å². The maximum atomic E-state index is 10.5. The Morgan fingerprint density at radius 1 is 1.64 bits per heavy atom. The standard InChI is InChI=1S/C10H15NO3/c1-14-8-4-2-7(3-5-8)6-9(11)10(12)13/h2,5,9H,3-4,6,11H2,1H3,(H,12,13)/t9-/m1/s1. The van der Waals surface area contributed by atoms with Crippen molar-refractivity contribution in [3.63, 3.8) is 0 Å². The molecular formula is C10H15NO3. The molecule has 0 spiro atoms. The summed E-state index contributed by atoms with van der Waals surface area (Å²) in [6.07, 6.45) is 5.84. The van der Waals surface area contributed by atoms with Gasteiger partial charge in [0.2, 0.25) is 0 Å². The summed E-state index contributed by atoms with van der Waals surface area (Å²) in [6.45, 7) is 0. The van der Waals surface area contributed by atoms with Crippen LogP contribution in [-0.2, 0) is 9.53 Å². The van der Waals surface area contributed by atoms with Crippen molar-refractivity contribution in [2.24, 2.45) is 5.73 Å². The lowest BCUT2D eigenvalue weighted by atomic mass is 9.98. The zero-order chi connectivity index (χ0) is 10.6. The van der Waals surface area contributed by atoms with Crippen molar-refractivity contribution < 1.29 is 14.6 Å². The molecule has 0 heterocycles. The third-order valence-electron chi connectivity index (χ3n) is 2.25. The molecule has 0 saturated carbocycles. The van der Waals surface area contributed by atoms with Crippen molar-refractivity contribution in [1.29, 1.82) is 0 Å². The van der Waals surface area contributed by atoms with Gasteiger partial charge in [-0.3, -0.25) is 4.79 Å². The van der Waals surface area contributed by atoms with E-state index in [-0.39, 0.29) is 0 Å². The second-order valence-corrected chi connectivity index (χ2v) is 3.29. The van der Waals surface area contributed by atoms with E-state index in [1.54, 1.807) is 7.11 Å². The largest absolute Gasteiger partial charge is 0.501 e. The topological polar surface area (TPSA) is 72.5 Å². The van der Waals surface area contributed by atoms with Crippen LogP contribution in [0.3, 0.4) is 0 Å². The molecule has 0 aromatic heterocycles. The van der Waals surface area contributed by atoms with Crippen molar-refractivity contribution in [2.45, 2.75) is 25.3 Å². The number of rotatable bonds is 4. The first-order valence-electron chi connectivity index (χ1n) is 4.52. The summed E-state index contributed by atoms with van der Waals surface area (Å²) in [5.74, 6) is -0.0231. The van der Waals surface area contributed by atoms with Crippen molar-refractivity contribution in [1.82, 2.24) is 0 Å². The Morgan fingerprint density at radius 3 is 2.79 bits per heavy atom. The van der Waals surface area contributed by atoms with Crippen LogP contribution in [0.4, 0.5) is 0 Å². The molecule has 0 fully saturated rings. The van der Waals surface area contributed by atoms with Gasteiger partial charge >= 0.3 is 5.97 Å². The minimum atomic E-state index is -0.951. The summed E-state index contributed by atoms with van der Waals surface area (Å²) in [4.78, 5) is 10.5. The molecule has 0 saturated heterocycles. The van der Waals surface area contributed by atoms with Gasteiger partial charge < -0.3 is 15.6 Å². The highest BCUT2D eigenvalue weighted by Crippen LogP contribution is 2.20. The van der Waals surface area contributed by atoms with Gasteiger partial charge in [0, 0.05) is 6.42 Å². The smallest absolute Gasteiger partial charge is 0.320 e. The summed E-state index contributed by atoms with van der Waals surface area (Å²) in [5, 5.41) is 8.62. The first-order chi connectivity index (χ1) is 6.63. The van der Waals surface area contributed by atoms with E-state index in [9.17, 15) is 4.79 Å². The Kier molecular flexibility index (Phi) is 3.71. The molecule has 0 aromatic carbocycles. The number of allylic oxidation sites excluding steroid dienone is 2. The molecule has 4 nitrogen and oxygen atoms in total. The predicted molar refractivity (Wildman–Crippen MR) is 52.6 cm³/mol. The average Bonchev–Trinajstić information content (AvgIpc) is 2.19. The van der Waals surface area contributed by atoms with E-state index in [4.69, 9.17) is 15.6 Å². The summed E-state index contributed by atoms with van der Waals surface area (Å²) in [6, 6.07) is -0.793. The van der Waals surface area contributed by atoms with E-state index >= 15 is 0 Å². The number of carbonyl (C=O) groups is 1. The third kappa shape index (κ3) is 2.88. The quantitative estimate of drug-likeness (QED) is 0.660. The maximum absolute atomic E-state index is 10.5. The van der Waals surface area contributed by atoms with Gasteiger partial charge in [-0.05, 0) is 18.9 Å². The highest BCUT2D eigenvalue weighted by atomic mass is 16.5. The van der Waals surface area contributed by atoms with Crippen LogP contribution in [0.15, 0.2) is 23.5 Å². The summed E-state index contributed by atoms with van der Waals surface area (Å²) in [7, 11) is 1.63. The fraction of sp³-hybridized carbons (Fsp3) is 0.500. The molecular weight excluding hydrogens is 182 g/mol. The van der Waals surface area contributed by atoms with Crippen LogP contribution in [0.1, 0.15) is 19.3 Å². The first kappa shape index (κ1) is 10.8. The van der Waals surface area contributed by atoms with Gasteiger partial charge in [0.05, 0.1) is 12.9 Å². The lowest BCUT2D eigenvalue weighted by Crippen LogP contribution is -2.30. The Morgan fingerprint density at radius 2 is 2.36 bits per heavy atom. The fourth-order valence-corrected chi connectivity index (χ4v) is 1.36. The van der Waals surface area contributed by atoms with Gasteiger partial charge in [0.15, 0.2) is 0 Å². The fourth-order valence-electron chi connectivity index (χ4n) is 1.36. The van der Waals surface area contributed by atoms with Crippen LogP contribution < -0.4 is 5.73 Å². The lowest BCUT2D eigenvalue weighted by Gasteiger charge is -2.14. The number of carboxylic acid groups (broad SMARTS) is 1. The monoisotopic (exact) mass is 197 g/mol. The van der Waals surface area contributed by atoms with Crippen molar-refractivity contribution >= 4 is 5.97 Å². The zero-order valence-corrected chi connectivity index (χ0v) is 8.19. The normalized spacial score (nSPS) is 18.1. The summed E-state index contributed by atoms with van der Waals surface area (Å²) in [5.41, 5.74) is 6.49. The van der Waals surface area contributed by atoms with E-state index in [2.05, 4.69) is 0 Å². The van der Waals surface area contributed by atoms with Crippen LogP contribution in [0.5, 0.6) is 0 Å². The minimum absolute atomic E-state index is 0.419. The molecule has 14 heavy (non-hydrogen) atoms. The van der Waals surface area contributed by atoms with E-state index in [1.165, 1.54) is 0 Å². The van der Waals surface area contributed by atoms with Crippen molar-refractivity contribution in [3.05, 3.63) is 23.5 Å². The first-order valence-corrected chi connectivity index (χ1v) is 4.52. The predicted octanol–water partition coefficient (Wildman–Crippen LogP) is 1.04. The third-order valence-corrected chi connectivity index (χ3v) is 2.25. The Bertz CT molecular complexity index is 281. The van der Waals surface area contributed by atoms with Crippen LogP contribution >= 0.6 is 0 Å².